The zero-order valence-electron chi connectivity index (χ0n) is 18.3. The lowest BCUT2D eigenvalue weighted by Crippen LogP contribution is -2.49. The zero-order chi connectivity index (χ0) is 21.6. The van der Waals surface area contributed by atoms with E-state index in [0.717, 1.165) is 28.0 Å². The fraction of sp³-hybridized carbons (Fsp3) is 0.417. The smallest absolute Gasteiger partial charge is 0.242 e. The summed E-state index contributed by atoms with van der Waals surface area (Å²) in [5, 5.41) is 2.91. The quantitative estimate of drug-likeness (QED) is 0.738. The molecular formula is C24H32N2O3. The molecule has 0 radical (unpaired) electrons. The molecular weight excluding hydrogens is 364 g/mol. The summed E-state index contributed by atoms with van der Waals surface area (Å²) in [4.78, 5) is 27.5. The molecule has 5 heteroatoms. The van der Waals surface area contributed by atoms with E-state index in [1.54, 1.807) is 18.9 Å². The van der Waals surface area contributed by atoms with Gasteiger partial charge in [-0.1, -0.05) is 41.5 Å². The Morgan fingerprint density at radius 1 is 0.966 bits per heavy atom. The van der Waals surface area contributed by atoms with E-state index >= 15 is 0 Å². The molecule has 0 spiro atoms. The van der Waals surface area contributed by atoms with Gasteiger partial charge in [0.25, 0.3) is 0 Å². The van der Waals surface area contributed by atoms with Gasteiger partial charge in [0.1, 0.15) is 11.8 Å². The van der Waals surface area contributed by atoms with Crippen LogP contribution < -0.4 is 10.1 Å². The van der Waals surface area contributed by atoms with Crippen LogP contribution in [0.25, 0.3) is 0 Å². The van der Waals surface area contributed by atoms with Crippen LogP contribution in [-0.4, -0.2) is 35.9 Å². The van der Waals surface area contributed by atoms with E-state index in [2.05, 4.69) is 11.4 Å². The maximum absolute atomic E-state index is 13.2. The molecule has 0 aliphatic heterocycles. The number of carbonyl (C=O) groups is 2. The number of ether oxygens (including phenoxy) is 1. The van der Waals surface area contributed by atoms with Crippen molar-refractivity contribution < 1.29 is 14.3 Å². The van der Waals surface area contributed by atoms with Crippen LogP contribution in [0.5, 0.6) is 5.75 Å². The highest BCUT2D eigenvalue weighted by molar-refractivity contribution is 5.88. The average molecular weight is 397 g/mol. The monoisotopic (exact) mass is 396 g/mol. The van der Waals surface area contributed by atoms with Crippen LogP contribution in [0.3, 0.4) is 0 Å². The fourth-order valence-corrected chi connectivity index (χ4v) is 3.36. The van der Waals surface area contributed by atoms with Gasteiger partial charge in [0, 0.05) is 12.6 Å². The highest BCUT2D eigenvalue weighted by Crippen LogP contribution is 2.17. The van der Waals surface area contributed by atoms with E-state index in [4.69, 9.17) is 4.74 Å². The first-order valence-corrected chi connectivity index (χ1v) is 9.99. The molecule has 2 rings (SSSR count). The Morgan fingerprint density at radius 2 is 1.55 bits per heavy atom. The number of rotatable bonds is 8. The third-order valence-corrected chi connectivity index (χ3v) is 4.75. The number of carbonyl (C=O) groups excluding carboxylic acids is 2. The molecule has 1 atom stereocenters. The van der Waals surface area contributed by atoms with Crippen molar-refractivity contribution >= 4 is 11.8 Å². The van der Waals surface area contributed by atoms with Crippen molar-refractivity contribution in [3.8, 4) is 5.75 Å². The Kier molecular flexibility index (Phi) is 7.82. The molecule has 156 valence electrons. The number of methoxy groups -OCH3 is 1. The molecule has 2 aromatic carbocycles. The second-order valence-corrected chi connectivity index (χ2v) is 7.88. The second kappa shape index (κ2) is 10.1. The third-order valence-electron chi connectivity index (χ3n) is 4.75. The van der Waals surface area contributed by atoms with E-state index < -0.39 is 6.04 Å². The molecule has 1 N–H and O–H groups in total. The van der Waals surface area contributed by atoms with E-state index in [0.29, 0.717) is 6.54 Å². The first kappa shape index (κ1) is 22.5. The van der Waals surface area contributed by atoms with E-state index in [9.17, 15) is 9.59 Å². The lowest BCUT2D eigenvalue weighted by Gasteiger charge is -2.29. The molecule has 0 heterocycles. The van der Waals surface area contributed by atoms with Crippen molar-refractivity contribution in [3.05, 3.63) is 64.7 Å². The zero-order valence-corrected chi connectivity index (χ0v) is 18.3. The largest absolute Gasteiger partial charge is 0.497 e. The van der Waals surface area contributed by atoms with Crippen molar-refractivity contribution in [1.29, 1.82) is 0 Å². The van der Waals surface area contributed by atoms with Gasteiger partial charge < -0.3 is 15.0 Å². The lowest BCUT2D eigenvalue weighted by atomic mass is 10.0. The summed E-state index contributed by atoms with van der Waals surface area (Å²) in [6.45, 7) is 10.0. The second-order valence-electron chi connectivity index (χ2n) is 7.88. The highest BCUT2D eigenvalue weighted by Gasteiger charge is 2.26. The molecule has 0 saturated heterocycles. The minimum absolute atomic E-state index is 0.0160. The minimum Gasteiger partial charge on any atom is -0.497 e. The highest BCUT2D eigenvalue weighted by atomic mass is 16.5. The molecule has 0 bridgehead atoms. The Morgan fingerprint density at radius 3 is 2.07 bits per heavy atom. The summed E-state index contributed by atoms with van der Waals surface area (Å²) in [6, 6.07) is 13.1. The number of hydrogen-bond donors (Lipinski definition) is 1. The van der Waals surface area contributed by atoms with Crippen molar-refractivity contribution in [2.75, 3.05) is 7.11 Å². The fourth-order valence-electron chi connectivity index (χ4n) is 3.36. The summed E-state index contributed by atoms with van der Waals surface area (Å²) in [5.74, 6) is 0.534. The van der Waals surface area contributed by atoms with E-state index in [1.807, 2.05) is 64.1 Å². The topological polar surface area (TPSA) is 58.6 Å². The number of nitrogens with one attached hydrogen (secondary N) is 1. The van der Waals surface area contributed by atoms with Crippen molar-refractivity contribution in [1.82, 2.24) is 10.2 Å². The van der Waals surface area contributed by atoms with E-state index in [1.165, 1.54) is 0 Å². The molecule has 0 unspecified atom stereocenters. The van der Waals surface area contributed by atoms with Gasteiger partial charge in [0.15, 0.2) is 0 Å². The minimum atomic E-state index is -0.571. The first-order chi connectivity index (χ1) is 13.7. The molecule has 0 fully saturated rings. The molecule has 0 saturated carbocycles. The van der Waals surface area contributed by atoms with E-state index in [-0.39, 0.29) is 24.3 Å². The molecule has 2 aromatic rings. The lowest BCUT2D eigenvalue weighted by molar-refractivity contribution is -0.140. The standard InChI is InChI=1S/C24H32N2O3/c1-16(2)25-24(28)19(5)26(15-20-7-9-22(29-6)10-8-20)23(27)14-21-12-17(3)11-18(4)13-21/h7-13,16,19H,14-15H2,1-6H3,(H,25,28)/t19-/m0/s1. The molecule has 0 aliphatic rings. The van der Waals surface area contributed by atoms with Crippen LogP contribution in [0.15, 0.2) is 42.5 Å². The maximum Gasteiger partial charge on any atom is 0.242 e. The average Bonchev–Trinajstić information content (AvgIpc) is 2.64. The van der Waals surface area contributed by atoms with Gasteiger partial charge in [0.2, 0.25) is 11.8 Å². The number of benzene rings is 2. The Labute approximate surface area is 174 Å². The van der Waals surface area contributed by atoms with Gasteiger partial charge in [-0.2, -0.15) is 0 Å². The summed E-state index contributed by atoms with van der Waals surface area (Å²) >= 11 is 0. The molecule has 0 aromatic heterocycles. The van der Waals surface area contributed by atoms with Crippen LogP contribution in [0, 0.1) is 13.8 Å². The Bertz CT molecular complexity index is 823. The Balaban J connectivity index is 2.26. The molecule has 0 aliphatic carbocycles. The summed E-state index contributed by atoms with van der Waals surface area (Å²) < 4.78 is 5.21. The summed E-state index contributed by atoms with van der Waals surface area (Å²) in [7, 11) is 1.62. The van der Waals surface area contributed by atoms with Crippen LogP contribution >= 0.6 is 0 Å². The number of nitrogens with zero attached hydrogens (tertiary/aromatic N) is 1. The van der Waals surface area contributed by atoms with Gasteiger partial charge >= 0.3 is 0 Å². The number of aryl methyl sites for hydroxylation is 2. The molecule has 29 heavy (non-hydrogen) atoms. The number of amides is 2. The normalized spacial score (nSPS) is 11.8. The Hall–Kier alpha value is -2.82. The van der Waals surface area contributed by atoms with Crippen LogP contribution in [0.2, 0.25) is 0 Å². The predicted octanol–water partition coefficient (Wildman–Crippen LogP) is 3.80. The molecule has 2 amide bonds. The molecule has 5 nitrogen and oxygen atoms in total. The van der Waals surface area contributed by atoms with Crippen molar-refractivity contribution in [3.63, 3.8) is 0 Å². The third kappa shape index (κ3) is 6.63. The predicted molar refractivity (Wildman–Crippen MR) is 116 cm³/mol. The van der Waals surface area contributed by atoms with Crippen LogP contribution in [0.1, 0.15) is 43.0 Å². The van der Waals surface area contributed by atoms with Crippen LogP contribution in [-0.2, 0) is 22.6 Å². The van der Waals surface area contributed by atoms with Gasteiger partial charge in [-0.05, 0) is 57.9 Å². The summed E-state index contributed by atoms with van der Waals surface area (Å²) in [5.41, 5.74) is 4.16. The van der Waals surface area contributed by atoms with Gasteiger partial charge in [-0.15, -0.1) is 0 Å². The van der Waals surface area contributed by atoms with Crippen molar-refractivity contribution in [2.24, 2.45) is 0 Å². The van der Waals surface area contributed by atoms with Crippen molar-refractivity contribution in [2.45, 2.75) is 59.7 Å². The van der Waals surface area contributed by atoms with Crippen LogP contribution in [0.4, 0.5) is 0 Å². The first-order valence-electron chi connectivity index (χ1n) is 9.99. The maximum atomic E-state index is 13.2. The SMILES string of the molecule is COc1ccc(CN(C(=O)Cc2cc(C)cc(C)c2)[C@@H](C)C(=O)NC(C)C)cc1. The van der Waals surface area contributed by atoms with Gasteiger partial charge in [-0.3, -0.25) is 9.59 Å². The number of hydrogen-bond acceptors (Lipinski definition) is 3. The van der Waals surface area contributed by atoms with Gasteiger partial charge in [-0.25, -0.2) is 0 Å². The van der Waals surface area contributed by atoms with Gasteiger partial charge in [0.05, 0.1) is 13.5 Å². The summed E-state index contributed by atoms with van der Waals surface area (Å²) in [6.07, 6.45) is 0.262.